The number of ether oxygens (including phenoxy) is 1. The Hall–Kier alpha value is -1.29. The van der Waals surface area contributed by atoms with Gasteiger partial charge in [0.25, 0.3) is 0 Å². The van der Waals surface area contributed by atoms with Gasteiger partial charge in [-0.3, -0.25) is 0 Å². The fourth-order valence-corrected chi connectivity index (χ4v) is 0.879. The fraction of sp³-hybridized carbons (Fsp3) is 0.125. The lowest BCUT2D eigenvalue weighted by atomic mass is 10.3. The zero-order chi connectivity index (χ0) is 9.84. The van der Waals surface area contributed by atoms with Crippen molar-refractivity contribution in [1.82, 2.24) is 0 Å². The molecule has 0 amide bonds. The molecule has 0 atom stereocenters. The van der Waals surface area contributed by atoms with E-state index in [1.54, 1.807) is 0 Å². The van der Waals surface area contributed by atoms with Crippen LogP contribution in [0.3, 0.4) is 0 Å². The molecule has 0 aliphatic rings. The second-order valence-corrected chi connectivity index (χ2v) is 2.64. The van der Waals surface area contributed by atoms with Crippen LogP contribution in [-0.2, 0) is 4.79 Å². The first-order chi connectivity index (χ1) is 6.09. The summed E-state index contributed by atoms with van der Waals surface area (Å²) in [6.07, 6.45) is 0. The van der Waals surface area contributed by atoms with Crippen LogP contribution in [0.1, 0.15) is 0 Å². The molecule has 0 aromatic heterocycles. The third-order valence-corrected chi connectivity index (χ3v) is 1.54. The fourth-order valence-electron chi connectivity index (χ4n) is 0.709. The van der Waals surface area contributed by atoms with Gasteiger partial charge in [-0.05, 0) is 12.1 Å². The van der Waals surface area contributed by atoms with Crippen molar-refractivity contribution in [2.24, 2.45) is 0 Å². The number of benzene rings is 1. The van der Waals surface area contributed by atoms with Crippen molar-refractivity contribution < 1.29 is 19.0 Å². The van der Waals surface area contributed by atoms with Crippen molar-refractivity contribution in [3.8, 4) is 5.75 Å². The number of halogens is 2. The minimum Gasteiger partial charge on any atom is -0.546 e. The van der Waals surface area contributed by atoms with Gasteiger partial charge in [0.1, 0.15) is 18.2 Å². The number of rotatable bonds is 3. The highest BCUT2D eigenvalue weighted by Crippen LogP contribution is 2.20. The standard InChI is InChI=1S/C8H6ClFO3/c9-6-3-5(1-2-7(6)10)13-4-8(11)12/h1-3H,4H2,(H,11,12)/p-1. The van der Waals surface area contributed by atoms with Crippen LogP contribution >= 0.6 is 11.6 Å². The van der Waals surface area contributed by atoms with Crippen molar-refractivity contribution in [3.05, 3.63) is 29.0 Å². The smallest absolute Gasteiger partial charge is 0.142 e. The van der Waals surface area contributed by atoms with Gasteiger partial charge < -0.3 is 14.6 Å². The largest absolute Gasteiger partial charge is 0.546 e. The van der Waals surface area contributed by atoms with Crippen LogP contribution in [0.4, 0.5) is 4.39 Å². The van der Waals surface area contributed by atoms with E-state index in [4.69, 9.17) is 16.3 Å². The predicted molar refractivity (Wildman–Crippen MR) is 41.9 cm³/mol. The van der Waals surface area contributed by atoms with E-state index in [9.17, 15) is 14.3 Å². The molecule has 13 heavy (non-hydrogen) atoms. The number of carbonyl (C=O) groups excluding carboxylic acids is 1. The summed E-state index contributed by atoms with van der Waals surface area (Å²) < 4.78 is 17.3. The Bertz CT molecular complexity index is 327. The number of carboxylic acid groups (broad SMARTS) is 1. The Balaban J connectivity index is 2.68. The third-order valence-electron chi connectivity index (χ3n) is 1.25. The van der Waals surface area contributed by atoms with Crippen LogP contribution in [-0.4, -0.2) is 12.6 Å². The average molecular weight is 204 g/mol. The van der Waals surface area contributed by atoms with Crippen LogP contribution < -0.4 is 9.84 Å². The highest BCUT2D eigenvalue weighted by atomic mass is 35.5. The minimum absolute atomic E-state index is 0.115. The zero-order valence-electron chi connectivity index (χ0n) is 6.42. The number of carboxylic acids is 1. The number of hydrogen-bond acceptors (Lipinski definition) is 3. The first kappa shape index (κ1) is 9.80. The van der Waals surface area contributed by atoms with E-state index in [0.29, 0.717) is 0 Å². The molecule has 0 saturated carbocycles. The van der Waals surface area contributed by atoms with E-state index in [1.807, 2.05) is 0 Å². The molecule has 0 saturated heterocycles. The molecule has 0 radical (unpaired) electrons. The van der Waals surface area contributed by atoms with Crippen molar-refractivity contribution in [1.29, 1.82) is 0 Å². The Labute approximate surface area is 78.7 Å². The monoisotopic (exact) mass is 203 g/mol. The summed E-state index contributed by atoms with van der Waals surface area (Å²) in [7, 11) is 0. The van der Waals surface area contributed by atoms with Gasteiger partial charge in [0.05, 0.1) is 11.0 Å². The van der Waals surface area contributed by atoms with Crippen LogP contribution in [0.15, 0.2) is 18.2 Å². The second kappa shape index (κ2) is 4.09. The van der Waals surface area contributed by atoms with E-state index in [-0.39, 0.29) is 10.8 Å². The molecular weight excluding hydrogens is 199 g/mol. The van der Waals surface area contributed by atoms with E-state index >= 15 is 0 Å². The molecule has 3 nitrogen and oxygen atoms in total. The molecule has 0 fully saturated rings. The molecule has 0 heterocycles. The SMILES string of the molecule is O=C([O-])COc1ccc(F)c(Cl)c1. The van der Waals surface area contributed by atoms with Gasteiger partial charge in [0.15, 0.2) is 0 Å². The normalized spacial score (nSPS) is 9.69. The van der Waals surface area contributed by atoms with E-state index in [2.05, 4.69) is 0 Å². The lowest BCUT2D eigenvalue weighted by Gasteiger charge is -2.06. The summed E-state index contributed by atoms with van der Waals surface area (Å²) in [5.74, 6) is -1.74. The molecule has 70 valence electrons. The average Bonchev–Trinajstić information content (AvgIpc) is 2.07. The van der Waals surface area contributed by atoms with Gasteiger partial charge in [-0.1, -0.05) is 11.6 Å². The molecule has 0 N–H and O–H groups in total. The molecule has 1 aromatic carbocycles. The van der Waals surface area contributed by atoms with E-state index in [1.165, 1.54) is 12.1 Å². The third kappa shape index (κ3) is 2.91. The lowest BCUT2D eigenvalue weighted by molar-refractivity contribution is -0.307. The molecule has 0 aliphatic heterocycles. The zero-order valence-corrected chi connectivity index (χ0v) is 7.18. The van der Waals surface area contributed by atoms with Crippen LogP contribution in [0.5, 0.6) is 5.75 Å². The Kier molecular flexibility index (Phi) is 3.08. The summed E-state index contributed by atoms with van der Waals surface area (Å²) in [6, 6.07) is 3.57. The molecule has 0 unspecified atom stereocenters. The molecule has 1 aromatic rings. The molecule has 0 spiro atoms. The van der Waals surface area contributed by atoms with Crippen LogP contribution in [0, 0.1) is 5.82 Å². The number of carbonyl (C=O) groups is 1. The van der Waals surface area contributed by atoms with E-state index in [0.717, 1.165) is 6.07 Å². The predicted octanol–water partition coefficient (Wildman–Crippen LogP) is 0.608. The van der Waals surface area contributed by atoms with Gasteiger partial charge in [-0.15, -0.1) is 0 Å². The van der Waals surface area contributed by atoms with E-state index < -0.39 is 18.4 Å². The first-order valence-corrected chi connectivity index (χ1v) is 3.75. The maximum atomic E-state index is 12.6. The summed E-state index contributed by atoms with van der Waals surface area (Å²) in [4.78, 5) is 9.98. The van der Waals surface area contributed by atoms with Crippen molar-refractivity contribution in [2.45, 2.75) is 0 Å². The first-order valence-electron chi connectivity index (χ1n) is 3.37. The van der Waals surface area contributed by atoms with Crippen LogP contribution in [0.2, 0.25) is 5.02 Å². The summed E-state index contributed by atoms with van der Waals surface area (Å²) >= 11 is 5.41. The van der Waals surface area contributed by atoms with Crippen molar-refractivity contribution >= 4 is 17.6 Å². The van der Waals surface area contributed by atoms with Gasteiger partial charge in [-0.2, -0.15) is 0 Å². The van der Waals surface area contributed by atoms with Crippen molar-refractivity contribution in [2.75, 3.05) is 6.61 Å². The molecule has 0 aliphatic carbocycles. The van der Waals surface area contributed by atoms with Crippen molar-refractivity contribution in [3.63, 3.8) is 0 Å². The maximum Gasteiger partial charge on any atom is 0.142 e. The molecule has 0 bridgehead atoms. The van der Waals surface area contributed by atoms with Crippen LogP contribution in [0.25, 0.3) is 0 Å². The molecule has 1 rings (SSSR count). The van der Waals surface area contributed by atoms with Gasteiger partial charge >= 0.3 is 0 Å². The lowest BCUT2D eigenvalue weighted by Crippen LogP contribution is -2.28. The number of hydrogen-bond donors (Lipinski definition) is 0. The topological polar surface area (TPSA) is 49.4 Å². The number of aliphatic carboxylic acids is 1. The highest BCUT2D eigenvalue weighted by Gasteiger charge is 2.00. The molecule has 5 heteroatoms. The Morgan fingerprint density at radius 2 is 2.31 bits per heavy atom. The Morgan fingerprint density at radius 3 is 2.85 bits per heavy atom. The quantitative estimate of drug-likeness (QED) is 0.723. The summed E-state index contributed by atoms with van der Waals surface area (Å²) in [6.45, 7) is -0.581. The summed E-state index contributed by atoms with van der Waals surface area (Å²) in [5, 5.41) is 9.87. The minimum atomic E-state index is -1.35. The summed E-state index contributed by atoms with van der Waals surface area (Å²) in [5.41, 5.74) is 0. The maximum absolute atomic E-state index is 12.6. The van der Waals surface area contributed by atoms with Gasteiger partial charge in [0.2, 0.25) is 0 Å². The highest BCUT2D eigenvalue weighted by molar-refractivity contribution is 6.30. The van der Waals surface area contributed by atoms with Gasteiger partial charge in [-0.25, -0.2) is 4.39 Å². The Morgan fingerprint density at radius 1 is 1.62 bits per heavy atom. The second-order valence-electron chi connectivity index (χ2n) is 2.24. The van der Waals surface area contributed by atoms with Gasteiger partial charge in [0, 0.05) is 6.07 Å². The molecular formula is C8H5ClFO3-.